The van der Waals surface area contributed by atoms with Gasteiger partial charge in [-0.25, -0.2) is 9.59 Å². The number of aliphatic hydroxyl groups is 1. The molecular weight excluding hydrogens is 526 g/mol. The number of anilines is 1. The molecule has 1 aromatic rings. The lowest BCUT2D eigenvalue weighted by Crippen LogP contribution is -2.45. The minimum atomic E-state index is -0.746. The highest BCUT2D eigenvalue weighted by Gasteiger charge is 2.36. The Kier molecular flexibility index (Phi) is 14.1. The van der Waals surface area contributed by atoms with E-state index in [1.54, 1.807) is 32.7 Å². The van der Waals surface area contributed by atoms with Gasteiger partial charge in [0, 0.05) is 25.6 Å². The molecule has 3 amide bonds. The van der Waals surface area contributed by atoms with Crippen LogP contribution < -0.4 is 10.2 Å². The van der Waals surface area contributed by atoms with E-state index in [1.165, 1.54) is 25.7 Å². The molecule has 2 N–H and O–H groups in total. The van der Waals surface area contributed by atoms with Gasteiger partial charge in [0.15, 0.2) is 0 Å². The average Bonchev–Trinajstić information content (AvgIpc) is 3.22. The Labute approximate surface area is 244 Å². The van der Waals surface area contributed by atoms with Crippen LogP contribution in [0.15, 0.2) is 24.3 Å². The smallest absolute Gasteiger partial charge is 0.407 e. The molecule has 0 bridgehead atoms. The van der Waals surface area contributed by atoms with Crippen LogP contribution in [-0.2, 0) is 30.4 Å². The van der Waals surface area contributed by atoms with E-state index in [0.717, 1.165) is 36.9 Å². The predicted octanol–water partition coefficient (Wildman–Crippen LogP) is 5.06. The normalized spacial score (nSPS) is 15.0. The molecule has 1 aliphatic rings. The molecule has 0 radical (unpaired) electrons. The number of ether oxygens (including phenoxy) is 1. The number of carbonyl (C=O) groups is 4. The summed E-state index contributed by atoms with van der Waals surface area (Å²) in [6.45, 7) is 7.18. The molecule has 0 aromatic heterocycles. The summed E-state index contributed by atoms with van der Waals surface area (Å²) in [6, 6.07) is 6.06. The molecule has 0 saturated carbocycles. The summed E-state index contributed by atoms with van der Waals surface area (Å²) in [4.78, 5) is 57.1. The third-order valence-corrected chi connectivity index (χ3v) is 7.04. The van der Waals surface area contributed by atoms with Gasteiger partial charge < -0.3 is 24.9 Å². The quantitative estimate of drug-likeness (QED) is 0.195. The predicted molar refractivity (Wildman–Crippen MR) is 157 cm³/mol. The molecule has 10 heteroatoms. The van der Waals surface area contributed by atoms with Crippen molar-refractivity contribution in [3.05, 3.63) is 29.8 Å². The molecule has 230 valence electrons. The Morgan fingerprint density at radius 3 is 2.17 bits per heavy atom. The Morgan fingerprint density at radius 2 is 1.59 bits per heavy atom. The number of likely N-dealkylation sites (N-methyl/N-ethyl adjacent to an activating group) is 1. The fourth-order valence-electron chi connectivity index (χ4n) is 4.85. The molecule has 10 nitrogen and oxygen atoms in total. The zero-order valence-electron chi connectivity index (χ0n) is 25.4. The number of unbranched alkanes of at least 4 members (excludes halogenated alkanes) is 7. The molecule has 2 atom stereocenters. The number of carbonyl (C=O) groups excluding carboxylic acids is 4. The number of hydrogen-bond acceptors (Lipinski definition) is 8. The van der Waals surface area contributed by atoms with Crippen molar-refractivity contribution >= 4 is 29.6 Å². The van der Waals surface area contributed by atoms with Gasteiger partial charge in [0.25, 0.3) is 11.8 Å². The third kappa shape index (κ3) is 11.7. The van der Waals surface area contributed by atoms with Crippen molar-refractivity contribution < 1.29 is 33.9 Å². The summed E-state index contributed by atoms with van der Waals surface area (Å²) in [5.41, 5.74) is 0.841. The highest BCUT2D eigenvalue weighted by Crippen LogP contribution is 2.26. The van der Waals surface area contributed by atoms with Gasteiger partial charge in [-0.15, -0.1) is 5.06 Å². The summed E-state index contributed by atoms with van der Waals surface area (Å²) in [6.07, 6.45) is 9.05. The molecule has 1 saturated heterocycles. The summed E-state index contributed by atoms with van der Waals surface area (Å²) in [7, 11) is 1.78. The van der Waals surface area contributed by atoms with Crippen molar-refractivity contribution in [2.75, 3.05) is 18.6 Å². The molecule has 1 heterocycles. The second-order valence-electron chi connectivity index (χ2n) is 11.7. The SMILES string of the molecule is CCCCCCCCCC[C@@H](C(=O)ON1C(=O)CCC1=O)N(C)c1ccccc1CC(CO)NC(=O)OC(C)(C)C. The topological polar surface area (TPSA) is 125 Å². The Hall–Kier alpha value is -3.14. The number of aliphatic hydroxyl groups excluding tert-OH is 1. The van der Waals surface area contributed by atoms with Gasteiger partial charge >= 0.3 is 12.1 Å². The first kappa shape index (κ1) is 34.1. The molecular formula is C31H49N3O7. The number of hydrogen-bond donors (Lipinski definition) is 2. The number of benzene rings is 1. The number of alkyl carbamates (subject to hydrolysis) is 1. The van der Waals surface area contributed by atoms with E-state index in [-0.39, 0.29) is 19.4 Å². The van der Waals surface area contributed by atoms with E-state index in [1.807, 2.05) is 24.3 Å². The standard InChI is InChI=1S/C31H49N3O7/c1-6-7-8-9-10-11-12-13-18-26(29(38)41-34-27(36)19-20-28(34)37)33(5)25-17-15-14-16-23(25)21-24(22-35)32-30(39)40-31(2,3)4/h14-17,24,26,35H,6-13,18-22H2,1-5H3,(H,32,39)/t24?,26-/m0/s1. The lowest BCUT2D eigenvalue weighted by molar-refractivity contribution is -0.198. The van der Waals surface area contributed by atoms with Crippen LogP contribution in [0.4, 0.5) is 10.5 Å². The first-order chi connectivity index (χ1) is 19.5. The van der Waals surface area contributed by atoms with Crippen molar-refractivity contribution in [3.63, 3.8) is 0 Å². The molecule has 0 spiro atoms. The Bertz CT molecular complexity index is 992. The fourth-order valence-corrected chi connectivity index (χ4v) is 4.85. The number of rotatable bonds is 17. The number of hydroxylamine groups is 2. The molecule has 1 aliphatic heterocycles. The number of para-hydroxylation sites is 1. The van der Waals surface area contributed by atoms with E-state index < -0.39 is 41.6 Å². The van der Waals surface area contributed by atoms with E-state index in [4.69, 9.17) is 9.57 Å². The second-order valence-corrected chi connectivity index (χ2v) is 11.7. The van der Waals surface area contributed by atoms with E-state index in [2.05, 4.69) is 12.2 Å². The monoisotopic (exact) mass is 575 g/mol. The summed E-state index contributed by atoms with van der Waals surface area (Å²) in [5.74, 6) is -1.70. The maximum absolute atomic E-state index is 13.4. The molecule has 1 fully saturated rings. The maximum atomic E-state index is 13.4. The van der Waals surface area contributed by atoms with E-state index in [0.29, 0.717) is 17.9 Å². The van der Waals surface area contributed by atoms with Crippen LogP contribution in [0.2, 0.25) is 0 Å². The largest absolute Gasteiger partial charge is 0.444 e. The summed E-state index contributed by atoms with van der Waals surface area (Å²) < 4.78 is 5.33. The molecule has 1 unspecified atom stereocenters. The van der Waals surface area contributed by atoms with E-state index >= 15 is 0 Å². The lowest BCUT2D eigenvalue weighted by atomic mass is 10.0. The first-order valence-electron chi connectivity index (χ1n) is 15.0. The highest BCUT2D eigenvalue weighted by molar-refractivity contribution is 6.02. The van der Waals surface area contributed by atoms with Crippen molar-refractivity contribution in [2.45, 2.75) is 122 Å². The highest BCUT2D eigenvalue weighted by atomic mass is 16.7. The maximum Gasteiger partial charge on any atom is 0.407 e. The van der Waals surface area contributed by atoms with Crippen LogP contribution >= 0.6 is 0 Å². The summed E-state index contributed by atoms with van der Waals surface area (Å²) >= 11 is 0. The van der Waals surface area contributed by atoms with Crippen LogP contribution in [0.1, 0.15) is 104 Å². The zero-order valence-corrected chi connectivity index (χ0v) is 25.4. The van der Waals surface area contributed by atoms with Gasteiger partial charge in [-0.1, -0.05) is 76.5 Å². The van der Waals surface area contributed by atoms with Crippen LogP contribution in [0.25, 0.3) is 0 Å². The number of amides is 3. The average molecular weight is 576 g/mol. The Balaban J connectivity index is 2.16. The van der Waals surface area contributed by atoms with Crippen molar-refractivity contribution in [1.82, 2.24) is 10.4 Å². The third-order valence-electron chi connectivity index (χ3n) is 7.04. The fraction of sp³-hybridized carbons (Fsp3) is 0.677. The number of nitrogens with one attached hydrogen (secondary N) is 1. The van der Waals surface area contributed by atoms with Crippen LogP contribution in [0, 0.1) is 0 Å². The molecule has 1 aromatic carbocycles. The van der Waals surface area contributed by atoms with Crippen molar-refractivity contribution in [2.24, 2.45) is 0 Å². The van der Waals surface area contributed by atoms with Gasteiger partial charge in [-0.3, -0.25) is 9.59 Å². The zero-order chi connectivity index (χ0) is 30.4. The molecule has 41 heavy (non-hydrogen) atoms. The van der Waals surface area contributed by atoms with Crippen molar-refractivity contribution in [1.29, 1.82) is 0 Å². The number of nitrogens with zero attached hydrogens (tertiary/aromatic N) is 2. The number of imide groups is 1. The van der Waals surface area contributed by atoms with Crippen LogP contribution in [-0.4, -0.2) is 65.4 Å². The second kappa shape index (κ2) is 17.0. The Morgan fingerprint density at radius 1 is 1.00 bits per heavy atom. The van der Waals surface area contributed by atoms with Gasteiger partial charge in [-0.05, 0) is 45.2 Å². The van der Waals surface area contributed by atoms with Gasteiger partial charge in [0.1, 0.15) is 11.6 Å². The van der Waals surface area contributed by atoms with Crippen LogP contribution in [0.3, 0.4) is 0 Å². The minimum Gasteiger partial charge on any atom is -0.444 e. The molecule has 0 aliphatic carbocycles. The minimum absolute atomic E-state index is 0.0285. The summed E-state index contributed by atoms with van der Waals surface area (Å²) in [5, 5.41) is 13.3. The van der Waals surface area contributed by atoms with Crippen molar-refractivity contribution in [3.8, 4) is 0 Å². The molecule has 2 rings (SSSR count). The van der Waals surface area contributed by atoms with E-state index in [9.17, 15) is 24.3 Å². The van der Waals surface area contributed by atoms with Gasteiger partial charge in [0.2, 0.25) is 0 Å². The van der Waals surface area contributed by atoms with Crippen LogP contribution in [0.5, 0.6) is 0 Å². The lowest BCUT2D eigenvalue weighted by Gasteiger charge is -2.31. The first-order valence-corrected chi connectivity index (χ1v) is 15.0. The van der Waals surface area contributed by atoms with Gasteiger partial charge in [-0.2, -0.15) is 0 Å². The van der Waals surface area contributed by atoms with Gasteiger partial charge in [0.05, 0.1) is 12.6 Å².